The largest absolute Gasteiger partial charge is 0.477 e. The molecule has 0 saturated heterocycles. The van der Waals surface area contributed by atoms with Crippen molar-refractivity contribution < 1.29 is 23.1 Å². The number of alkyl halides is 3. The molecule has 4 nitrogen and oxygen atoms in total. The number of nitrogens with one attached hydrogen (secondary N) is 1. The highest BCUT2D eigenvalue weighted by Crippen LogP contribution is 2.20. The van der Waals surface area contributed by atoms with Crippen LogP contribution in [0.4, 0.5) is 19.0 Å². The fourth-order valence-corrected chi connectivity index (χ4v) is 1.71. The van der Waals surface area contributed by atoms with E-state index in [4.69, 9.17) is 5.11 Å². The number of anilines is 1. The molecule has 1 rings (SSSR count). The highest BCUT2D eigenvalue weighted by Gasteiger charge is 2.26. The summed E-state index contributed by atoms with van der Waals surface area (Å²) in [5.74, 6) is -1.44. The molecule has 0 aliphatic heterocycles. The smallest absolute Gasteiger partial charge is 0.397 e. The summed E-state index contributed by atoms with van der Waals surface area (Å²) >= 11 is 0.758. The molecule has 100 valence electrons. The average molecular weight is 280 g/mol. The molecule has 1 aromatic heterocycles. The predicted molar refractivity (Wildman–Crippen MR) is 63.1 cm³/mol. The first-order valence-electron chi connectivity index (χ1n) is 4.97. The van der Waals surface area contributed by atoms with E-state index in [0.29, 0.717) is 5.82 Å². The van der Waals surface area contributed by atoms with E-state index in [0.717, 1.165) is 11.8 Å². The van der Waals surface area contributed by atoms with Crippen LogP contribution >= 0.6 is 11.8 Å². The monoisotopic (exact) mass is 280 g/mol. The molecule has 0 amide bonds. The van der Waals surface area contributed by atoms with Crippen molar-refractivity contribution in [1.82, 2.24) is 4.98 Å². The van der Waals surface area contributed by atoms with Gasteiger partial charge in [0, 0.05) is 12.3 Å². The summed E-state index contributed by atoms with van der Waals surface area (Å²) in [5, 5.41) is 11.5. The van der Waals surface area contributed by atoms with Gasteiger partial charge in [-0.3, -0.25) is 0 Å². The third-order valence-electron chi connectivity index (χ3n) is 1.79. The number of thioether (sulfide) groups is 1. The van der Waals surface area contributed by atoms with Crippen LogP contribution in [-0.4, -0.2) is 40.3 Å². The first-order valence-corrected chi connectivity index (χ1v) is 6.13. The number of aromatic nitrogens is 1. The van der Waals surface area contributed by atoms with Crippen molar-refractivity contribution in [2.75, 3.05) is 23.4 Å². The molecule has 1 aromatic rings. The van der Waals surface area contributed by atoms with Gasteiger partial charge in [0.25, 0.3) is 0 Å². The summed E-state index contributed by atoms with van der Waals surface area (Å²) in [5.41, 5.74) is -0.108. The van der Waals surface area contributed by atoms with E-state index >= 15 is 0 Å². The number of hydrogen-bond donors (Lipinski definition) is 2. The standard InChI is InChI=1S/C10H11F3N2O2S/c11-10(12,13)6-18-5-4-14-8-3-1-2-7(15-8)9(16)17/h1-3H,4-6H2,(H,14,15)(H,16,17). The lowest BCUT2D eigenvalue weighted by Gasteiger charge is -2.07. The quantitative estimate of drug-likeness (QED) is 0.784. The Kier molecular flexibility index (Phi) is 5.26. The van der Waals surface area contributed by atoms with Crippen LogP contribution < -0.4 is 5.32 Å². The first-order chi connectivity index (χ1) is 8.38. The van der Waals surface area contributed by atoms with E-state index in [1.165, 1.54) is 12.1 Å². The second-order valence-electron chi connectivity index (χ2n) is 3.31. The van der Waals surface area contributed by atoms with Gasteiger partial charge < -0.3 is 10.4 Å². The minimum atomic E-state index is -4.16. The third kappa shape index (κ3) is 5.76. The maximum Gasteiger partial charge on any atom is 0.397 e. The Bertz CT molecular complexity index is 412. The number of aromatic carboxylic acids is 1. The Morgan fingerprint density at radius 2 is 2.17 bits per heavy atom. The fraction of sp³-hybridized carbons (Fsp3) is 0.400. The number of carboxylic acids is 1. The molecule has 0 radical (unpaired) electrons. The van der Waals surface area contributed by atoms with Crippen molar-refractivity contribution in [3.63, 3.8) is 0 Å². The lowest BCUT2D eigenvalue weighted by molar-refractivity contribution is -0.105. The Hall–Kier alpha value is -1.44. The second kappa shape index (κ2) is 6.48. The van der Waals surface area contributed by atoms with E-state index in [9.17, 15) is 18.0 Å². The summed E-state index contributed by atoms with van der Waals surface area (Å²) in [6.45, 7) is 0.289. The Morgan fingerprint density at radius 3 is 2.78 bits per heavy atom. The van der Waals surface area contributed by atoms with E-state index in [1.807, 2.05) is 0 Å². The van der Waals surface area contributed by atoms with Gasteiger partial charge in [-0.05, 0) is 12.1 Å². The second-order valence-corrected chi connectivity index (χ2v) is 4.41. The van der Waals surface area contributed by atoms with Crippen molar-refractivity contribution >= 4 is 23.5 Å². The number of carbonyl (C=O) groups is 1. The van der Waals surface area contributed by atoms with Gasteiger partial charge in [0.15, 0.2) is 5.69 Å². The Morgan fingerprint density at radius 1 is 1.44 bits per heavy atom. The van der Waals surface area contributed by atoms with Crippen LogP contribution in [0.5, 0.6) is 0 Å². The summed E-state index contributed by atoms with van der Waals surface area (Å²) in [6, 6.07) is 4.41. The van der Waals surface area contributed by atoms with Crippen LogP contribution in [0.3, 0.4) is 0 Å². The normalized spacial score (nSPS) is 11.3. The van der Waals surface area contributed by atoms with E-state index in [-0.39, 0.29) is 18.0 Å². The molecule has 0 bridgehead atoms. The zero-order valence-corrected chi connectivity index (χ0v) is 10.0. The Balaban J connectivity index is 2.31. The first kappa shape index (κ1) is 14.6. The highest BCUT2D eigenvalue weighted by molar-refractivity contribution is 7.99. The Labute approximate surface area is 106 Å². The van der Waals surface area contributed by atoms with Gasteiger partial charge in [-0.1, -0.05) is 6.07 Å². The fourth-order valence-electron chi connectivity index (χ4n) is 1.09. The lowest BCUT2D eigenvalue weighted by Crippen LogP contribution is -2.14. The summed E-state index contributed by atoms with van der Waals surface area (Å²) < 4.78 is 35.5. The summed E-state index contributed by atoms with van der Waals surface area (Å²) in [4.78, 5) is 14.4. The minimum Gasteiger partial charge on any atom is -0.477 e. The molecule has 0 unspecified atom stereocenters. The molecule has 0 atom stereocenters. The minimum absolute atomic E-state index is 0.108. The van der Waals surface area contributed by atoms with Crippen LogP contribution in [0.1, 0.15) is 10.5 Å². The third-order valence-corrected chi connectivity index (χ3v) is 2.81. The van der Waals surface area contributed by atoms with Crippen LogP contribution in [0.15, 0.2) is 18.2 Å². The number of halogens is 3. The molecule has 8 heteroatoms. The maximum atomic E-state index is 11.8. The van der Waals surface area contributed by atoms with Crippen LogP contribution in [-0.2, 0) is 0 Å². The zero-order chi connectivity index (χ0) is 13.6. The number of hydrogen-bond acceptors (Lipinski definition) is 4. The van der Waals surface area contributed by atoms with Gasteiger partial charge >= 0.3 is 12.1 Å². The van der Waals surface area contributed by atoms with Crippen molar-refractivity contribution in [3.8, 4) is 0 Å². The van der Waals surface area contributed by atoms with Gasteiger partial charge in [-0.25, -0.2) is 9.78 Å². The van der Waals surface area contributed by atoms with Gasteiger partial charge in [0.1, 0.15) is 5.82 Å². The predicted octanol–water partition coefficient (Wildman–Crippen LogP) is 2.49. The molecule has 0 saturated carbocycles. The van der Waals surface area contributed by atoms with Crippen molar-refractivity contribution in [2.24, 2.45) is 0 Å². The van der Waals surface area contributed by atoms with Gasteiger partial charge in [-0.2, -0.15) is 24.9 Å². The molecule has 0 aliphatic carbocycles. The van der Waals surface area contributed by atoms with Crippen LogP contribution in [0.25, 0.3) is 0 Å². The molecule has 2 N–H and O–H groups in total. The van der Waals surface area contributed by atoms with Crippen molar-refractivity contribution in [3.05, 3.63) is 23.9 Å². The molecule has 0 spiro atoms. The maximum absolute atomic E-state index is 11.8. The van der Waals surface area contributed by atoms with Gasteiger partial charge in [0.05, 0.1) is 5.75 Å². The van der Waals surface area contributed by atoms with Gasteiger partial charge in [0.2, 0.25) is 0 Å². The van der Waals surface area contributed by atoms with Crippen molar-refractivity contribution in [1.29, 1.82) is 0 Å². The number of carboxylic acid groups (broad SMARTS) is 1. The highest BCUT2D eigenvalue weighted by atomic mass is 32.2. The SMILES string of the molecule is O=C(O)c1cccc(NCCSCC(F)(F)F)n1. The lowest BCUT2D eigenvalue weighted by atomic mass is 10.3. The number of nitrogens with zero attached hydrogens (tertiary/aromatic N) is 1. The molecule has 18 heavy (non-hydrogen) atoms. The molecule has 0 fully saturated rings. The van der Waals surface area contributed by atoms with Gasteiger partial charge in [-0.15, -0.1) is 0 Å². The molecule has 0 aliphatic rings. The summed E-state index contributed by atoms with van der Waals surface area (Å²) in [7, 11) is 0. The molecule has 0 aromatic carbocycles. The molecular formula is C10H11F3N2O2S. The van der Waals surface area contributed by atoms with Crippen LogP contribution in [0.2, 0.25) is 0 Å². The summed E-state index contributed by atoms with van der Waals surface area (Å²) in [6.07, 6.45) is -4.16. The molecular weight excluding hydrogens is 269 g/mol. The topological polar surface area (TPSA) is 62.2 Å². The van der Waals surface area contributed by atoms with E-state index in [2.05, 4.69) is 10.3 Å². The zero-order valence-electron chi connectivity index (χ0n) is 9.20. The average Bonchev–Trinajstić information content (AvgIpc) is 2.27. The number of pyridine rings is 1. The number of rotatable bonds is 6. The van der Waals surface area contributed by atoms with Crippen molar-refractivity contribution in [2.45, 2.75) is 6.18 Å². The van der Waals surface area contributed by atoms with E-state index in [1.54, 1.807) is 6.07 Å². The molecule has 1 heterocycles. The van der Waals surface area contributed by atoms with E-state index < -0.39 is 17.9 Å². The van der Waals surface area contributed by atoms with Crippen LogP contribution in [0, 0.1) is 0 Å².